The van der Waals surface area contributed by atoms with Crippen molar-refractivity contribution in [3.05, 3.63) is 35.1 Å². The standard InChI is InChI=1S/C31H49F4NO3/c1-3-4-5-6-7-8-9-10-11-12-13-14-15-16-17-18-19-20-23-39-30(38)25(2)36-29(37)27-24-26(32)21-22-28(27)31(33,34)35/h21-22,24-25H,3-20,23H2,1-2H3,(H,36,37). The smallest absolute Gasteiger partial charge is 0.417 e. The monoisotopic (exact) mass is 559 g/mol. The summed E-state index contributed by atoms with van der Waals surface area (Å²) in [5.74, 6) is -2.89. The lowest BCUT2D eigenvalue weighted by Gasteiger charge is -2.16. The molecule has 0 heterocycles. The zero-order valence-electron chi connectivity index (χ0n) is 24.0. The largest absolute Gasteiger partial charge is 0.464 e. The lowest BCUT2D eigenvalue weighted by Crippen LogP contribution is -2.40. The molecule has 1 amide bonds. The molecule has 224 valence electrons. The minimum absolute atomic E-state index is 0.186. The zero-order chi connectivity index (χ0) is 28.9. The minimum atomic E-state index is -4.82. The van der Waals surface area contributed by atoms with Gasteiger partial charge in [-0.25, -0.2) is 9.18 Å². The van der Waals surface area contributed by atoms with Crippen LogP contribution in [0, 0.1) is 5.82 Å². The molecule has 39 heavy (non-hydrogen) atoms. The van der Waals surface area contributed by atoms with Crippen LogP contribution in [0.1, 0.15) is 145 Å². The van der Waals surface area contributed by atoms with Crippen LogP contribution in [0.3, 0.4) is 0 Å². The number of rotatable bonds is 22. The molecule has 8 heteroatoms. The van der Waals surface area contributed by atoms with Crippen molar-refractivity contribution in [3.8, 4) is 0 Å². The van der Waals surface area contributed by atoms with E-state index in [-0.39, 0.29) is 6.61 Å². The van der Waals surface area contributed by atoms with E-state index < -0.39 is 41.0 Å². The Balaban J connectivity index is 2.03. The Labute approximate surface area is 232 Å². The van der Waals surface area contributed by atoms with Crippen molar-refractivity contribution in [1.29, 1.82) is 0 Å². The fourth-order valence-electron chi connectivity index (χ4n) is 4.59. The average Bonchev–Trinajstić information content (AvgIpc) is 2.89. The molecule has 0 aliphatic heterocycles. The van der Waals surface area contributed by atoms with Gasteiger partial charge in [-0.1, -0.05) is 116 Å². The van der Waals surface area contributed by atoms with Crippen LogP contribution < -0.4 is 5.32 Å². The van der Waals surface area contributed by atoms with Crippen molar-refractivity contribution in [1.82, 2.24) is 5.32 Å². The Morgan fingerprint density at radius 3 is 1.64 bits per heavy atom. The lowest BCUT2D eigenvalue weighted by atomic mass is 10.0. The number of esters is 1. The highest BCUT2D eigenvalue weighted by molar-refractivity contribution is 5.98. The number of halogens is 4. The Bertz CT molecular complexity index is 814. The van der Waals surface area contributed by atoms with Gasteiger partial charge in [-0.15, -0.1) is 0 Å². The van der Waals surface area contributed by atoms with Gasteiger partial charge in [-0.2, -0.15) is 13.2 Å². The summed E-state index contributed by atoms with van der Waals surface area (Å²) in [6.07, 6.45) is 17.8. The summed E-state index contributed by atoms with van der Waals surface area (Å²) >= 11 is 0. The summed E-state index contributed by atoms with van der Waals surface area (Å²) in [6.45, 7) is 3.76. The fourth-order valence-corrected chi connectivity index (χ4v) is 4.59. The second-order valence-corrected chi connectivity index (χ2v) is 10.6. The third-order valence-electron chi connectivity index (χ3n) is 6.98. The maximum atomic E-state index is 13.4. The number of hydrogen-bond donors (Lipinski definition) is 1. The number of nitrogens with one attached hydrogen (secondary N) is 1. The maximum Gasteiger partial charge on any atom is 0.417 e. The van der Waals surface area contributed by atoms with Crippen LogP contribution in [-0.2, 0) is 15.7 Å². The molecular formula is C31H49F4NO3. The molecule has 1 aromatic rings. The number of carbonyl (C=O) groups is 2. The second kappa shape index (κ2) is 20.7. The first-order chi connectivity index (χ1) is 18.7. The molecule has 1 aromatic carbocycles. The number of carbonyl (C=O) groups excluding carboxylic acids is 2. The van der Waals surface area contributed by atoms with E-state index in [1.807, 2.05) is 0 Å². The highest BCUT2D eigenvalue weighted by atomic mass is 19.4. The molecule has 0 spiro atoms. The van der Waals surface area contributed by atoms with Crippen LogP contribution in [0.2, 0.25) is 0 Å². The number of ether oxygens (including phenoxy) is 1. The topological polar surface area (TPSA) is 55.4 Å². The fraction of sp³-hybridized carbons (Fsp3) is 0.742. The quantitative estimate of drug-likeness (QED) is 0.0874. The normalized spacial score (nSPS) is 12.4. The van der Waals surface area contributed by atoms with Crippen LogP contribution in [0.5, 0.6) is 0 Å². The molecule has 0 bridgehead atoms. The SMILES string of the molecule is CCCCCCCCCCCCCCCCCCCCOC(=O)C(C)NC(=O)c1cc(F)ccc1C(F)(F)F. The van der Waals surface area contributed by atoms with Crippen molar-refractivity contribution in [2.75, 3.05) is 6.61 Å². The van der Waals surface area contributed by atoms with E-state index >= 15 is 0 Å². The Morgan fingerprint density at radius 1 is 0.769 bits per heavy atom. The highest BCUT2D eigenvalue weighted by Gasteiger charge is 2.36. The first-order valence-electron chi connectivity index (χ1n) is 15.0. The van der Waals surface area contributed by atoms with E-state index in [4.69, 9.17) is 4.74 Å². The van der Waals surface area contributed by atoms with Gasteiger partial charge in [-0.3, -0.25) is 4.79 Å². The van der Waals surface area contributed by atoms with Crippen LogP contribution in [-0.4, -0.2) is 24.5 Å². The lowest BCUT2D eigenvalue weighted by molar-refractivity contribution is -0.145. The van der Waals surface area contributed by atoms with Crippen molar-refractivity contribution >= 4 is 11.9 Å². The minimum Gasteiger partial charge on any atom is -0.464 e. The van der Waals surface area contributed by atoms with Crippen LogP contribution >= 0.6 is 0 Å². The van der Waals surface area contributed by atoms with E-state index in [1.165, 1.54) is 96.8 Å². The van der Waals surface area contributed by atoms with Gasteiger partial charge in [0.25, 0.3) is 5.91 Å². The summed E-state index contributed by atoms with van der Waals surface area (Å²) in [7, 11) is 0. The summed E-state index contributed by atoms with van der Waals surface area (Å²) in [6, 6.07) is 0.494. The first-order valence-corrected chi connectivity index (χ1v) is 15.0. The molecule has 1 atom stereocenters. The van der Waals surface area contributed by atoms with Gasteiger partial charge >= 0.3 is 12.1 Å². The Kier molecular flexibility index (Phi) is 18.6. The van der Waals surface area contributed by atoms with Crippen LogP contribution in [0.15, 0.2) is 18.2 Å². The van der Waals surface area contributed by atoms with Crippen molar-refractivity contribution < 1.29 is 31.9 Å². The van der Waals surface area contributed by atoms with Gasteiger partial charge in [0.1, 0.15) is 11.9 Å². The van der Waals surface area contributed by atoms with Gasteiger partial charge in [0.05, 0.1) is 17.7 Å². The summed E-state index contributed by atoms with van der Waals surface area (Å²) < 4.78 is 57.9. The van der Waals surface area contributed by atoms with Crippen molar-refractivity contribution in [2.24, 2.45) is 0 Å². The van der Waals surface area contributed by atoms with Gasteiger partial charge in [-0.05, 0) is 31.5 Å². The van der Waals surface area contributed by atoms with E-state index in [0.29, 0.717) is 24.6 Å². The molecule has 0 saturated carbocycles. The molecule has 4 nitrogen and oxygen atoms in total. The van der Waals surface area contributed by atoms with Gasteiger partial charge in [0.15, 0.2) is 0 Å². The second-order valence-electron chi connectivity index (χ2n) is 10.6. The van der Waals surface area contributed by atoms with E-state index in [0.717, 1.165) is 19.3 Å². The van der Waals surface area contributed by atoms with Gasteiger partial charge in [0.2, 0.25) is 0 Å². The number of amides is 1. The molecule has 0 fully saturated rings. The van der Waals surface area contributed by atoms with Crippen LogP contribution in [0.4, 0.5) is 17.6 Å². The molecular weight excluding hydrogens is 510 g/mol. The Hall–Kier alpha value is -2.12. The number of unbranched alkanes of at least 4 members (excludes halogenated alkanes) is 17. The predicted molar refractivity (Wildman–Crippen MR) is 148 cm³/mol. The molecule has 0 radical (unpaired) electrons. The Morgan fingerprint density at radius 2 is 1.21 bits per heavy atom. The number of alkyl halides is 3. The molecule has 0 aliphatic carbocycles. The van der Waals surface area contributed by atoms with E-state index in [2.05, 4.69) is 12.2 Å². The third kappa shape index (κ3) is 16.6. The summed E-state index contributed by atoms with van der Waals surface area (Å²) in [5.41, 5.74) is -2.13. The molecule has 1 N–H and O–H groups in total. The number of hydrogen-bond acceptors (Lipinski definition) is 3. The summed E-state index contributed by atoms with van der Waals surface area (Å²) in [4.78, 5) is 24.4. The molecule has 0 saturated heterocycles. The average molecular weight is 560 g/mol. The summed E-state index contributed by atoms with van der Waals surface area (Å²) in [5, 5.41) is 2.17. The van der Waals surface area contributed by atoms with Gasteiger partial charge in [0, 0.05) is 0 Å². The molecule has 1 unspecified atom stereocenters. The maximum absolute atomic E-state index is 13.4. The van der Waals surface area contributed by atoms with E-state index in [1.54, 1.807) is 0 Å². The first kappa shape index (κ1) is 34.9. The molecule has 0 aromatic heterocycles. The predicted octanol–water partition coefficient (Wildman–Crippen LogP) is 9.55. The van der Waals surface area contributed by atoms with E-state index in [9.17, 15) is 27.2 Å². The third-order valence-corrected chi connectivity index (χ3v) is 6.98. The van der Waals surface area contributed by atoms with Crippen LogP contribution in [0.25, 0.3) is 0 Å². The van der Waals surface area contributed by atoms with Gasteiger partial charge < -0.3 is 10.1 Å². The number of benzene rings is 1. The molecule has 1 rings (SSSR count). The van der Waals surface area contributed by atoms with Crippen molar-refractivity contribution in [3.63, 3.8) is 0 Å². The highest BCUT2D eigenvalue weighted by Crippen LogP contribution is 2.32. The van der Waals surface area contributed by atoms with Crippen molar-refractivity contribution in [2.45, 2.75) is 142 Å². The zero-order valence-corrected chi connectivity index (χ0v) is 24.0. The molecule has 0 aliphatic rings.